The summed E-state index contributed by atoms with van der Waals surface area (Å²) in [5.74, 6) is 1.31. The van der Waals surface area contributed by atoms with Crippen molar-refractivity contribution in [2.24, 2.45) is 0 Å². The minimum Gasteiger partial charge on any atom is -0.337 e. The van der Waals surface area contributed by atoms with Gasteiger partial charge in [0.2, 0.25) is 11.7 Å². The highest BCUT2D eigenvalue weighted by Gasteiger charge is 2.29. The minimum absolute atomic E-state index is 0.00969. The van der Waals surface area contributed by atoms with Crippen LogP contribution in [-0.4, -0.2) is 48.6 Å². The van der Waals surface area contributed by atoms with Gasteiger partial charge in [0, 0.05) is 18.4 Å². The maximum absolute atomic E-state index is 11.4. The average molecular weight is 335 g/mol. The molecule has 7 heteroatoms. The van der Waals surface area contributed by atoms with Crippen molar-refractivity contribution in [3.8, 4) is 11.4 Å². The third-order valence-electron chi connectivity index (χ3n) is 4.12. The van der Waals surface area contributed by atoms with E-state index in [0.717, 1.165) is 31.4 Å². The molecule has 0 aliphatic carbocycles. The molecule has 0 amide bonds. The summed E-state index contributed by atoms with van der Waals surface area (Å²) in [5, 5.41) is 4.07. The number of sulfone groups is 1. The number of hydrogen-bond acceptors (Lipinski definition) is 6. The van der Waals surface area contributed by atoms with Gasteiger partial charge in [0.1, 0.15) is 9.84 Å². The van der Waals surface area contributed by atoms with E-state index in [-0.39, 0.29) is 11.8 Å². The lowest BCUT2D eigenvalue weighted by Crippen LogP contribution is -2.36. The second kappa shape index (κ2) is 6.80. The Morgan fingerprint density at radius 2 is 2.04 bits per heavy atom. The molecule has 3 rings (SSSR count). The third kappa shape index (κ3) is 4.17. The van der Waals surface area contributed by atoms with Gasteiger partial charge in [-0.2, -0.15) is 4.98 Å². The van der Waals surface area contributed by atoms with Crippen LogP contribution in [0.5, 0.6) is 0 Å². The van der Waals surface area contributed by atoms with Crippen molar-refractivity contribution in [3.63, 3.8) is 0 Å². The third-order valence-corrected chi connectivity index (χ3v) is 5.05. The lowest BCUT2D eigenvalue weighted by Gasteiger charge is -2.32. The molecule has 1 aromatic heterocycles. The lowest BCUT2D eigenvalue weighted by molar-refractivity contribution is 0.126. The first-order chi connectivity index (χ1) is 11.0. The first kappa shape index (κ1) is 16.1. The van der Waals surface area contributed by atoms with Crippen LogP contribution in [0, 0.1) is 0 Å². The van der Waals surface area contributed by atoms with E-state index in [9.17, 15) is 8.42 Å². The number of hydrogen-bond donors (Lipinski definition) is 0. The Labute approximate surface area is 136 Å². The first-order valence-electron chi connectivity index (χ1n) is 7.84. The molecule has 124 valence electrons. The van der Waals surface area contributed by atoms with Crippen LogP contribution in [0.1, 0.15) is 31.2 Å². The van der Waals surface area contributed by atoms with Gasteiger partial charge in [-0.3, -0.25) is 4.90 Å². The molecule has 0 radical (unpaired) electrons. The van der Waals surface area contributed by atoms with Crippen LogP contribution >= 0.6 is 0 Å². The van der Waals surface area contributed by atoms with Gasteiger partial charge >= 0.3 is 0 Å². The van der Waals surface area contributed by atoms with E-state index in [1.165, 1.54) is 6.26 Å². The normalized spacial score (nSPS) is 19.8. The Hall–Kier alpha value is -1.73. The molecule has 0 N–H and O–H groups in total. The number of aromatic nitrogens is 2. The predicted molar refractivity (Wildman–Crippen MR) is 87.6 cm³/mol. The Morgan fingerprint density at radius 3 is 2.78 bits per heavy atom. The van der Waals surface area contributed by atoms with Crippen LogP contribution in [0.3, 0.4) is 0 Å². The van der Waals surface area contributed by atoms with Gasteiger partial charge < -0.3 is 4.52 Å². The summed E-state index contributed by atoms with van der Waals surface area (Å²) in [7, 11) is -2.98. The van der Waals surface area contributed by atoms with Crippen molar-refractivity contribution in [3.05, 3.63) is 36.2 Å². The lowest BCUT2D eigenvalue weighted by atomic mass is 10.0. The molecule has 6 nitrogen and oxygen atoms in total. The molecule has 2 heterocycles. The molecule has 0 bridgehead atoms. The average Bonchev–Trinajstić information content (AvgIpc) is 3.03. The van der Waals surface area contributed by atoms with Crippen LogP contribution in [0.25, 0.3) is 11.4 Å². The molecular formula is C16H21N3O3S. The zero-order chi connectivity index (χ0) is 16.3. The van der Waals surface area contributed by atoms with Gasteiger partial charge in [-0.05, 0) is 19.4 Å². The van der Waals surface area contributed by atoms with Crippen LogP contribution in [0.15, 0.2) is 34.9 Å². The molecule has 0 unspecified atom stereocenters. The second-order valence-electron chi connectivity index (χ2n) is 6.00. The number of rotatable bonds is 5. The van der Waals surface area contributed by atoms with Crippen molar-refractivity contribution in [1.82, 2.24) is 15.0 Å². The second-order valence-corrected chi connectivity index (χ2v) is 8.26. The molecular weight excluding hydrogens is 314 g/mol. The van der Waals surface area contributed by atoms with Crippen molar-refractivity contribution >= 4 is 9.84 Å². The van der Waals surface area contributed by atoms with Crippen LogP contribution in [-0.2, 0) is 9.84 Å². The van der Waals surface area contributed by atoms with Crippen molar-refractivity contribution < 1.29 is 12.9 Å². The molecule has 1 fully saturated rings. The van der Waals surface area contributed by atoms with Crippen molar-refractivity contribution in [2.45, 2.75) is 25.3 Å². The first-order valence-corrected chi connectivity index (χ1v) is 9.90. The molecule has 2 aromatic rings. The van der Waals surface area contributed by atoms with Gasteiger partial charge in [-0.1, -0.05) is 41.9 Å². The molecule has 0 saturated carbocycles. The molecule has 1 atom stereocenters. The Balaban J connectivity index is 1.77. The molecule has 0 spiro atoms. The van der Waals surface area contributed by atoms with Gasteiger partial charge in [-0.15, -0.1) is 0 Å². The number of nitrogens with zero attached hydrogens (tertiary/aromatic N) is 3. The smallest absolute Gasteiger partial charge is 0.244 e. The Morgan fingerprint density at radius 1 is 1.26 bits per heavy atom. The number of piperidine rings is 1. The van der Waals surface area contributed by atoms with Crippen molar-refractivity contribution in [2.75, 3.05) is 25.1 Å². The highest BCUT2D eigenvalue weighted by Crippen LogP contribution is 2.30. The summed E-state index contributed by atoms with van der Waals surface area (Å²) in [4.78, 5) is 6.68. The van der Waals surface area contributed by atoms with E-state index >= 15 is 0 Å². The summed E-state index contributed by atoms with van der Waals surface area (Å²) >= 11 is 0. The Bertz CT molecular complexity index is 743. The fourth-order valence-electron chi connectivity index (χ4n) is 2.90. The maximum atomic E-state index is 11.4. The SMILES string of the molecule is CS(=O)(=O)CCN1CCCC[C@@H]1c1nc(-c2ccccc2)no1. The summed E-state index contributed by atoms with van der Waals surface area (Å²) < 4.78 is 28.3. The molecule has 1 aromatic carbocycles. The molecule has 1 aliphatic heterocycles. The summed E-state index contributed by atoms with van der Waals surface area (Å²) in [6, 6.07) is 9.71. The van der Waals surface area contributed by atoms with E-state index in [4.69, 9.17) is 4.52 Å². The summed E-state index contributed by atoms with van der Waals surface area (Å²) in [5.41, 5.74) is 0.918. The van der Waals surface area contributed by atoms with E-state index < -0.39 is 9.84 Å². The highest BCUT2D eigenvalue weighted by atomic mass is 32.2. The topological polar surface area (TPSA) is 76.3 Å². The van der Waals surface area contributed by atoms with Gasteiger partial charge in [-0.25, -0.2) is 8.42 Å². The van der Waals surface area contributed by atoms with Gasteiger partial charge in [0.25, 0.3) is 0 Å². The summed E-state index contributed by atoms with van der Waals surface area (Å²) in [6.07, 6.45) is 4.34. The molecule has 23 heavy (non-hydrogen) atoms. The van der Waals surface area contributed by atoms with E-state index in [2.05, 4.69) is 15.0 Å². The zero-order valence-electron chi connectivity index (χ0n) is 13.2. The Kier molecular flexibility index (Phi) is 4.77. The van der Waals surface area contributed by atoms with E-state index in [1.54, 1.807) is 0 Å². The minimum atomic E-state index is -2.98. The fraction of sp³-hybridized carbons (Fsp3) is 0.500. The largest absolute Gasteiger partial charge is 0.337 e. The predicted octanol–water partition coefficient (Wildman–Crippen LogP) is 2.31. The summed E-state index contributed by atoms with van der Waals surface area (Å²) in [6.45, 7) is 1.37. The number of likely N-dealkylation sites (tertiary alicyclic amines) is 1. The molecule has 1 aliphatic rings. The van der Waals surface area contributed by atoms with Gasteiger partial charge in [0.15, 0.2) is 0 Å². The maximum Gasteiger partial charge on any atom is 0.244 e. The van der Waals surface area contributed by atoms with Crippen LogP contribution in [0.2, 0.25) is 0 Å². The quantitative estimate of drug-likeness (QED) is 0.834. The highest BCUT2D eigenvalue weighted by molar-refractivity contribution is 7.90. The standard InChI is InChI=1S/C16H21N3O3S/c1-23(20,21)12-11-19-10-6-5-9-14(19)16-17-15(18-22-16)13-7-3-2-4-8-13/h2-4,7-8,14H,5-6,9-12H2,1H3/t14-/m1/s1. The van der Waals surface area contributed by atoms with Gasteiger partial charge in [0.05, 0.1) is 11.8 Å². The van der Waals surface area contributed by atoms with Crippen molar-refractivity contribution in [1.29, 1.82) is 0 Å². The zero-order valence-corrected chi connectivity index (χ0v) is 14.0. The molecule has 1 saturated heterocycles. The van der Waals surface area contributed by atoms with Crippen LogP contribution in [0.4, 0.5) is 0 Å². The van der Waals surface area contributed by atoms with E-state index in [1.807, 2.05) is 30.3 Å². The fourth-order valence-corrected chi connectivity index (χ4v) is 3.46. The monoisotopic (exact) mass is 335 g/mol. The van der Waals surface area contributed by atoms with E-state index in [0.29, 0.717) is 18.3 Å². The number of benzene rings is 1. The van der Waals surface area contributed by atoms with Crippen LogP contribution < -0.4 is 0 Å².